The topological polar surface area (TPSA) is 61.4 Å². The molecule has 0 aliphatic heterocycles. The van der Waals surface area contributed by atoms with E-state index in [4.69, 9.17) is 5.11 Å². The first-order valence-electron chi connectivity index (χ1n) is 5.91. The Kier molecular flexibility index (Phi) is 5.47. The lowest BCUT2D eigenvalue weighted by atomic mass is 10.0. The van der Waals surface area contributed by atoms with E-state index in [1.54, 1.807) is 0 Å². The van der Waals surface area contributed by atoms with Crippen LogP contribution < -0.4 is 10.6 Å². The van der Waals surface area contributed by atoms with Gasteiger partial charge in [0, 0.05) is 19.2 Å². The minimum absolute atomic E-state index is 0.0588. The van der Waals surface area contributed by atoms with Gasteiger partial charge in [0.1, 0.15) is 0 Å². The van der Waals surface area contributed by atoms with Gasteiger partial charge in [-0.05, 0) is 31.6 Å². The predicted octanol–water partition coefficient (Wildman–Crippen LogP) is 1.25. The van der Waals surface area contributed by atoms with Crippen LogP contribution in [-0.4, -0.2) is 30.3 Å². The second kappa shape index (κ2) is 6.67. The molecule has 4 nitrogen and oxygen atoms in total. The van der Waals surface area contributed by atoms with Crippen LogP contribution in [0.15, 0.2) is 0 Å². The van der Waals surface area contributed by atoms with Crippen LogP contribution in [0.2, 0.25) is 0 Å². The SMILES string of the molecule is CCCC(CCO)CNC(=O)NC1CC1. The zero-order valence-electron chi connectivity index (χ0n) is 9.46. The van der Waals surface area contributed by atoms with Crippen LogP contribution in [0.5, 0.6) is 0 Å². The Morgan fingerprint density at radius 2 is 2.20 bits per heavy atom. The molecule has 1 saturated carbocycles. The average Bonchev–Trinajstić information content (AvgIpc) is 2.99. The van der Waals surface area contributed by atoms with Gasteiger partial charge in [-0.15, -0.1) is 0 Å². The standard InChI is InChI=1S/C11H22N2O2/c1-2-3-9(6-7-14)8-12-11(15)13-10-4-5-10/h9-10,14H,2-8H2,1H3,(H2,12,13,15). The molecule has 0 aromatic heterocycles. The molecule has 0 spiro atoms. The molecule has 0 bridgehead atoms. The Balaban J connectivity index is 2.10. The maximum absolute atomic E-state index is 11.3. The highest BCUT2D eigenvalue weighted by atomic mass is 16.3. The molecule has 1 aliphatic carbocycles. The van der Waals surface area contributed by atoms with Crippen molar-refractivity contribution in [3.8, 4) is 0 Å². The Morgan fingerprint density at radius 3 is 2.73 bits per heavy atom. The fourth-order valence-electron chi connectivity index (χ4n) is 1.64. The number of carbonyl (C=O) groups excluding carboxylic acids is 1. The fraction of sp³-hybridized carbons (Fsp3) is 0.909. The van der Waals surface area contributed by atoms with Gasteiger partial charge >= 0.3 is 6.03 Å². The Morgan fingerprint density at radius 1 is 1.47 bits per heavy atom. The quantitative estimate of drug-likeness (QED) is 0.597. The summed E-state index contributed by atoms with van der Waals surface area (Å²) in [7, 11) is 0. The number of carbonyl (C=O) groups is 1. The van der Waals surface area contributed by atoms with Gasteiger partial charge in [-0.3, -0.25) is 0 Å². The summed E-state index contributed by atoms with van der Waals surface area (Å²) in [6.07, 6.45) is 5.16. The average molecular weight is 214 g/mol. The predicted molar refractivity (Wildman–Crippen MR) is 59.7 cm³/mol. The highest BCUT2D eigenvalue weighted by molar-refractivity contribution is 5.74. The van der Waals surface area contributed by atoms with Gasteiger partial charge < -0.3 is 15.7 Å². The van der Waals surface area contributed by atoms with Crippen molar-refractivity contribution in [1.29, 1.82) is 0 Å². The molecule has 15 heavy (non-hydrogen) atoms. The first-order chi connectivity index (χ1) is 7.26. The van der Waals surface area contributed by atoms with Crippen LogP contribution in [0.1, 0.15) is 39.0 Å². The molecule has 0 radical (unpaired) electrons. The molecule has 3 N–H and O–H groups in total. The van der Waals surface area contributed by atoms with Crippen LogP contribution in [-0.2, 0) is 0 Å². The fourth-order valence-corrected chi connectivity index (χ4v) is 1.64. The van der Waals surface area contributed by atoms with Crippen molar-refractivity contribution in [3.63, 3.8) is 0 Å². The summed E-state index contributed by atoms with van der Waals surface area (Å²) < 4.78 is 0. The highest BCUT2D eigenvalue weighted by Crippen LogP contribution is 2.18. The molecular formula is C11H22N2O2. The number of hydrogen-bond donors (Lipinski definition) is 3. The normalized spacial score (nSPS) is 17.2. The van der Waals surface area contributed by atoms with Gasteiger partial charge in [-0.2, -0.15) is 0 Å². The summed E-state index contributed by atoms with van der Waals surface area (Å²) in [5, 5.41) is 14.6. The number of aliphatic hydroxyl groups is 1. The van der Waals surface area contributed by atoms with Gasteiger partial charge in [0.15, 0.2) is 0 Å². The van der Waals surface area contributed by atoms with Crippen molar-refractivity contribution in [2.45, 2.75) is 45.1 Å². The minimum atomic E-state index is -0.0588. The molecule has 0 aromatic carbocycles. The highest BCUT2D eigenvalue weighted by Gasteiger charge is 2.23. The van der Waals surface area contributed by atoms with Gasteiger partial charge in [0.05, 0.1) is 0 Å². The molecule has 4 heteroatoms. The third-order valence-electron chi connectivity index (χ3n) is 2.70. The second-order valence-corrected chi connectivity index (χ2v) is 4.30. The third-order valence-corrected chi connectivity index (χ3v) is 2.70. The molecule has 2 amide bonds. The van der Waals surface area contributed by atoms with Crippen LogP contribution >= 0.6 is 0 Å². The van der Waals surface area contributed by atoms with E-state index in [2.05, 4.69) is 17.6 Å². The molecule has 1 atom stereocenters. The van der Waals surface area contributed by atoms with Crippen LogP contribution in [0.4, 0.5) is 4.79 Å². The van der Waals surface area contributed by atoms with E-state index < -0.39 is 0 Å². The van der Waals surface area contributed by atoms with E-state index in [0.717, 1.165) is 32.1 Å². The van der Waals surface area contributed by atoms with Crippen LogP contribution in [0.3, 0.4) is 0 Å². The first-order valence-corrected chi connectivity index (χ1v) is 5.91. The Hall–Kier alpha value is -0.770. The minimum Gasteiger partial charge on any atom is -0.396 e. The summed E-state index contributed by atoms with van der Waals surface area (Å²) in [5.74, 6) is 0.407. The van der Waals surface area contributed by atoms with Crippen molar-refractivity contribution in [2.24, 2.45) is 5.92 Å². The second-order valence-electron chi connectivity index (χ2n) is 4.30. The third kappa shape index (κ3) is 5.62. The van der Waals surface area contributed by atoms with Gasteiger partial charge in [-0.25, -0.2) is 4.79 Å². The van der Waals surface area contributed by atoms with E-state index in [-0.39, 0.29) is 12.6 Å². The van der Waals surface area contributed by atoms with E-state index in [1.165, 1.54) is 0 Å². The van der Waals surface area contributed by atoms with Crippen LogP contribution in [0.25, 0.3) is 0 Å². The molecule has 1 aliphatic rings. The number of urea groups is 1. The van der Waals surface area contributed by atoms with E-state index in [0.29, 0.717) is 18.5 Å². The Bertz CT molecular complexity index is 187. The molecule has 0 aromatic rings. The van der Waals surface area contributed by atoms with E-state index in [1.807, 2.05) is 0 Å². The van der Waals surface area contributed by atoms with Gasteiger partial charge in [0.25, 0.3) is 0 Å². The molecule has 0 heterocycles. The maximum Gasteiger partial charge on any atom is 0.315 e. The smallest absolute Gasteiger partial charge is 0.315 e. The molecule has 1 fully saturated rings. The van der Waals surface area contributed by atoms with Crippen molar-refractivity contribution in [1.82, 2.24) is 10.6 Å². The van der Waals surface area contributed by atoms with Crippen molar-refractivity contribution >= 4 is 6.03 Å². The lowest BCUT2D eigenvalue weighted by molar-refractivity contribution is 0.229. The van der Waals surface area contributed by atoms with Crippen molar-refractivity contribution in [3.05, 3.63) is 0 Å². The molecule has 0 saturated heterocycles. The Labute approximate surface area is 91.4 Å². The van der Waals surface area contributed by atoms with Gasteiger partial charge in [-0.1, -0.05) is 13.3 Å². The molecule has 1 unspecified atom stereocenters. The van der Waals surface area contributed by atoms with Crippen molar-refractivity contribution in [2.75, 3.05) is 13.2 Å². The van der Waals surface area contributed by atoms with E-state index in [9.17, 15) is 4.79 Å². The number of nitrogens with one attached hydrogen (secondary N) is 2. The summed E-state index contributed by atoms with van der Waals surface area (Å²) >= 11 is 0. The maximum atomic E-state index is 11.3. The number of hydrogen-bond acceptors (Lipinski definition) is 2. The zero-order chi connectivity index (χ0) is 11.1. The summed E-state index contributed by atoms with van der Waals surface area (Å²) in [6, 6.07) is 0.351. The summed E-state index contributed by atoms with van der Waals surface area (Å²) in [5.41, 5.74) is 0. The van der Waals surface area contributed by atoms with Gasteiger partial charge in [0.2, 0.25) is 0 Å². The summed E-state index contributed by atoms with van der Waals surface area (Å²) in [4.78, 5) is 11.3. The van der Waals surface area contributed by atoms with E-state index >= 15 is 0 Å². The molecule has 1 rings (SSSR count). The van der Waals surface area contributed by atoms with Crippen LogP contribution in [0, 0.1) is 5.92 Å². The van der Waals surface area contributed by atoms with Crippen molar-refractivity contribution < 1.29 is 9.90 Å². The lowest BCUT2D eigenvalue weighted by Gasteiger charge is -2.15. The lowest BCUT2D eigenvalue weighted by Crippen LogP contribution is -2.39. The first kappa shape index (κ1) is 12.3. The monoisotopic (exact) mass is 214 g/mol. The zero-order valence-corrected chi connectivity index (χ0v) is 9.46. The number of rotatable bonds is 7. The largest absolute Gasteiger partial charge is 0.396 e. The molecule has 88 valence electrons. The number of amides is 2. The summed E-state index contributed by atoms with van der Waals surface area (Å²) in [6.45, 7) is 3.00. The number of aliphatic hydroxyl groups excluding tert-OH is 1. The molecular weight excluding hydrogens is 192 g/mol.